The molecule has 0 bridgehead atoms. The predicted octanol–water partition coefficient (Wildman–Crippen LogP) is 2.97. The molecule has 19 heavy (non-hydrogen) atoms. The highest BCUT2D eigenvalue weighted by molar-refractivity contribution is 5.96. The molecule has 1 unspecified atom stereocenters. The third-order valence-corrected chi connectivity index (χ3v) is 4.19. The van der Waals surface area contributed by atoms with E-state index >= 15 is 0 Å². The summed E-state index contributed by atoms with van der Waals surface area (Å²) < 4.78 is 0. The molecule has 0 spiro atoms. The van der Waals surface area contributed by atoms with Gasteiger partial charge >= 0.3 is 0 Å². The highest BCUT2D eigenvalue weighted by Crippen LogP contribution is 2.31. The Balaban J connectivity index is 2.14. The lowest BCUT2D eigenvalue weighted by molar-refractivity contribution is -0.124. The molecule has 1 heterocycles. The first-order valence-electron chi connectivity index (χ1n) is 7.32. The van der Waals surface area contributed by atoms with Gasteiger partial charge in [-0.05, 0) is 37.4 Å². The number of anilines is 1. The Kier molecular flexibility index (Phi) is 4.59. The second-order valence-electron chi connectivity index (χ2n) is 5.42. The summed E-state index contributed by atoms with van der Waals surface area (Å²) in [6.45, 7) is 6.00. The molecule has 0 radical (unpaired) electrons. The minimum atomic E-state index is -0.223. The zero-order valence-electron chi connectivity index (χ0n) is 12.0. The molecule has 1 atom stereocenters. The first kappa shape index (κ1) is 14.1. The van der Waals surface area contributed by atoms with E-state index < -0.39 is 0 Å². The van der Waals surface area contributed by atoms with E-state index in [9.17, 15) is 4.79 Å². The van der Waals surface area contributed by atoms with Crippen molar-refractivity contribution in [3.8, 4) is 0 Å². The van der Waals surface area contributed by atoms with Crippen molar-refractivity contribution in [1.29, 1.82) is 0 Å². The average Bonchev–Trinajstić information content (AvgIpc) is 2.91. The third-order valence-electron chi connectivity index (χ3n) is 4.19. The summed E-state index contributed by atoms with van der Waals surface area (Å²) in [4.78, 5) is 12.6. The molecule has 2 N–H and O–H groups in total. The maximum absolute atomic E-state index is 12.6. The van der Waals surface area contributed by atoms with E-state index in [1.54, 1.807) is 0 Å². The number of benzene rings is 1. The van der Waals surface area contributed by atoms with Crippen molar-refractivity contribution in [2.24, 2.45) is 5.41 Å². The van der Waals surface area contributed by atoms with Crippen molar-refractivity contribution < 1.29 is 4.79 Å². The Morgan fingerprint density at radius 3 is 2.79 bits per heavy atom. The van der Waals surface area contributed by atoms with Crippen LogP contribution in [0.15, 0.2) is 24.3 Å². The van der Waals surface area contributed by atoms with Gasteiger partial charge in [-0.2, -0.15) is 0 Å². The molecule has 1 aliphatic rings. The van der Waals surface area contributed by atoms with E-state index in [0.717, 1.165) is 44.5 Å². The van der Waals surface area contributed by atoms with E-state index in [1.807, 2.05) is 18.2 Å². The SMILES string of the molecule is CCCc1ccccc1NC(=O)C1(CC)CCNC1. The number of para-hydroxylation sites is 1. The second-order valence-corrected chi connectivity index (χ2v) is 5.42. The van der Waals surface area contributed by atoms with Gasteiger partial charge in [-0.15, -0.1) is 0 Å². The smallest absolute Gasteiger partial charge is 0.231 e. The van der Waals surface area contributed by atoms with Crippen molar-refractivity contribution in [2.45, 2.75) is 39.5 Å². The van der Waals surface area contributed by atoms with Crippen LogP contribution >= 0.6 is 0 Å². The molecule has 0 saturated carbocycles. The minimum Gasteiger partial charge on any atom is -0.325 e. The predicted molar refractivity (Wildman–Crippen MR) is 79.3 cm³/mol. The molecule has 1 fully saturated rings. The van der Waals surface area contributed by atoms with Gasteiger partial charge < -0.3 is 10.6 Å². The van der Waals surface area contributed by atoms with Crippen molar-refractivity contribution in [3.63, 3.8) is 0 Å². The van der Waals surface area contributed by atoms with Crippen LogP contribution in [0.5, 0.6) is 0 Å². The van der Waals surface area contributed by atoms with Gasteiger partial charge in [-0.3, -0.25) is 4.79 Å². The zero-order chi connectivity index (χ0) is 13.7. The van der Waals surface area contributed by atoms with Crippen LogP contribution in [0.3, 0.4) is 0 Å². The van der Waals surface area contributed by atoms with Crippen LogP contribution in [-0.2, 0) is 11.2 Å². The van der Waals surface area contributed by atoms with Gasteiger partial charge in [0.2, 0.25) is 5.91 Å². The third kappa shape index (κ3) is 2.98. The lowest BCUT2D eigenvalue weighted by Gasteiger charge is -2.25. The largest absolute Gasteiger partial charge is 0.325 e. The quantitative estimate of drug-likeness (QED) is 0.854. The van der Waals surface area contributed by atoms with Gasteiger partial charge in [0.15, 0.2) is 0 Å². The van der Waals surface area contributed by atoms with Crippen molar-refractivity contribution in [1.82, 2.24) is 5.32 Å². The van der Waals surface area contributed by atoms with Crippen molar-refractivity contribution in [3.05, 3.63) is 29.8 Å². The molecule has 0 aromatic heterocycles. The summed E-state index contributed by atoms with van der Waals surface area (Å²) in [5.41, 5.74) is 1.99. The molecule has 2 rings (SSSR count). The summed E-state index contributed by atoms with van der Waals surface area (Å²) in [7, 11) is 0. The van der Waals surface area contributed by atoms with Gasteiger partial charge in [-0.1, -0.05) is 38.5 Å². The van der Waals surface area contributed by atoms with E-state index in [1.165, 1.54) is 5.56 Å². The molecule has 1 aliphatic heterocycles. The lowest BCUT2D eigenvalue weighted by atomic mass is 9.83. The van der Waals surface area contributed by atoms with E-state index in [4.69, 9.17) is 0 Å². The van der Waals surface area contributed by atoms with Gasteiger partial charge in [0.1, 0.15) is 0 Å². The van der Waals surface area contributed by atoms with Crippen LogP contribution in [0.4, 0.5) is 5.69 Å². The molecular formula is C16H24N2O. The van der Waals surface area contributed by atoms with Crippen LogP contribution in [-0.4, -0.2) is 19.0 Å². The molecular weight excluding hydrogens is 236 g/mol. The maximum Gasteiger partial charge on any atom is 0.231 e. The second kappa shape index (κ2) is 6.20. The number of hydrogen-bond acceptors (Lipinski definition) is 2. The highest BCUT2D eigenvalue weighted by Gasteiger charge is 2.39. The van der Waals surface area contributed by atoms with Crippen LogP contribution in [0.1, 0.15) is 38.7 Å². The fourth-order valence-electron chi connectivity index (χ4n) is 2.78. The average molecular weight is 260 g/mol. The lowest BCUT2D eigenvalue weighted by Crippen LogP contribution is -2.37. The number of aryl methyl sites for hydroxylation is 1. The van der Waals surface area contributed by atoms with Gasteiger partial charge in [0.05, 0.1) is 5.41 Å². The molecule has 1 amide bonds. The fourth-order valence-corrected chi connectivity index (χ4v) is 2.78. The number of carbonyl (C=O) groups excluding carboxylic acids is 1. The van der Waals surface area contributed by atoms with Gasteiger partial charge in [0.25, 0.3) is 0 Å². The monoisotopic (exact) mass is 260 g/mol. The molecule has 1 aromatic rings. The fraction of sp³-hybridized carbons (Fsp3) is 0.562. The Morgan fingerprint density at radius 1 is 1.37 bits per heavy atom. The summed E-state index contributed by atoms with van der Waals surface area (Å²) in [5, 5.41) is 6.46. The summed E-state index contributed by atoms with van der Waals surface area (Å²) >= 11 is 0. The summed E-state index contributed by atoms with van der Waals surface area (Å²) in [5.74, 6) is 0.170. The Labute approximate surface area is 115 Å². The molecule has 0 aliphatic carbocycles. The Hall–Kier alpha value is -1.35. The molecule has 104 valence electrons. The van der Waals surface area contributed by atoms with Gasteiger partial charge in [0, 0.05) is 12.2 Å². The molecule has 3 nitrogen and oxygen atoms in total. The van der Waals surface area contributed by atoms with E-state index in [-0.39, 0.29) is 11.3 Å². The van der Waals surface area contributed by atoms with E-state index in [2.05, 4.69) is 30.5 Å². The molecule has 1 aromatic carbocycles. The van der Waals surface area contributed by atoms with Crippen LogP contribution in [0.25, 0.3) is 0 Å². The normalized spacial score (nSPS) is 22.4. The maximum atomic E-state index is 12.6. The standard InChI is InChI=1S/C16H24N2O/c1-3-7-13-8-5-6-9-14(13)18-15(19)16(4-2)10-11-17-12-16/h5-6,8-9,17H,3-4,7,10-12H2,1-2H3,(H,18,19). The van der Waals surface area contributed by atoms with E-state index in [0.29, 0.717) is 0 Å². The zero-order valence-corrected chi connectivity index (χ0v) is 12.0. The van der Waals surface area contributed by atoms with Crippen LogP contribution < -0.4 is 10.6 Å². The number of amides is 1. The minimum absolute atomic E-state index is 0.170. The Morgan fingerprint density at radius 2 is 2.16 bits per heavy atom. The molecule has 1 saturated heterocycles. The number of hydrogen-bond donors (Lipinski definition) is 2. The first-order valence-corrected chi connectivity index (χ1v) is 7.32. The first-order chi connectivity index (χ1) is 9.22. The van der Waals surface area contributed by atoms with Crippen LogP contribution in [0, 0.1) is 5.41 Å². The number of rotatable bonds is 5. The number of carbonyl (C=O) groups is 1. The van der Waals surface area contributed by atoms with Gasteiger partial charge in [-0.25, -0.2) is 0 Å². The van der Waals surface area contributed by atoms with Crippen molar-refractivity contribution >= 4 is 11.6 Å². The Bertz CT molecular complexity index is 436. The molecule has 3 heteroatoms. The number of nitrogens with one attached hydrogen (secondary N) is 2. The topological polar surface area (TPSA) is 41.1 Å². The van der Waals surface area contributed by atoms with Crippen LogP contribution in [0.2, 0.25) is 0 Å². The van der Waals surface area contributed by atoms with Crippen molar-refractivity contribution in [2.75, 3.05) is 18.4 Å². The summed E-state index contributed by atoms with van der Waals surface area (Å²) in [6.07, 6.45) is 3.92. The highest BCUT2D eigenvalue weighted by atomic mass is 16.2. The summed E-state index contributed by atoms with van der Waals surface area (Å²) in [6, 6.07) is 8.13.